The number of amides is 1. The van der Waals surface area contributed by atoms with E-state index in [9.17, 15) is 9.18 Å². The van der Waals surface area contributed by atoms with Crippen LogP contribution in [0.25, 0.3) is 10.9 Å². The first-order chi connectivity index (χ1) is 14.6. The second-order valence-corrected chi connectivity index (χ2v) is 8.26. The zero-order valence-corrected chi connectivity index (χ0v) is 17.1. The fraction of sp³-hybridized carbons (Fsp3) is 0.333. The van der Waals surface area contributed by atoms with E-state index < -0.39 is 0 Å². The van der Waals surface area contributed by atoms with Crippen LogP contribution in [0.1, 0.15) is 41.3 Å². The van der Waals surface area contributed by atoms with Crippen LogP contribution in [0.5, 0.6) is 0 Å². The molecule has 1 unspecified atom stereocenters. The molecule has 0 saturated carbocycles. The number of rotatable bonds is 4. The monoisotopic (exact) mass is 404 g/mol. The highest BCUT2D eigenvalue weighted by atomic mass is 19.1. The summed E-state index contributed by atoms with van der Waals surface area (Å²) in [6.07, 6.45) is 4.87. The van der Waals surface area contributed by atoms with E-state index in [2.05, 4.69) is 45.1 Å². The van der Waals surface area contributed by atoms with Gasteiger partial charge in [-0.2, -0.15) is 5.10 Å². The number of hydrogen-bond acceptors (Lipinski definition) is 3. The van der Waals surface area contributed by atoms with Crippen molar-refractivity contribution in [1.29, 1.82) is 0 Å². The predicted molar refractivity (Wildman–Crippen MR) is 116 cm³/mol. The lowest BCUT2D eigenvalue weighted by molar-refractivity contribution is -0.123. The summed E-state index contributed by atoms with van der Waals surface area (Å²) in [5.41, 5.74) is 8.84. The van der Waals surface area contributed by atoms with Crippen LogP contribution in [-0.2, 0) is 17.8 Å². The fourth-order valence-corrected chi connectivity index (χ4v) is 4.93. The Balaban J connectivity index is 1.32. The average molecular weight is 404 g/mol. The van der Waals surface area contributed by atoms with Crippen LogP contribution in [0.3, 0.4) is 0 Å². The molecule has 5 nitrogen and oxygen atoms in total. The van der Waals surface area contributed by atoms with Crippen molar-refractivity contribution < 1.29 is 9.18 Å². The molecule has 6 heteroatoms. The summed E-state index contributed by atoms with van der Waals surface area (Å²) >= 11 is 0. The number of aromatic nitrogens is 1. The molecule has 2 aliphatic rings. The van der Waals surface area contributed by atoms with Gasteiger partial charge in [0.2, 0.25) is 0 Å². The molecular formula is C24H25FN4O. The van der Waals surface area contributed by atoms with E-state index in [1.807, 2.05) is 0 Å². The maximum absolute atomic E-state index is 13.0. The Bertz CT molecular complexity index is 1130. The van der Waals surface area contributed by atoms with E-state index in [1.165, 1.54) is 46.1 Å². The van der Waals surface area contributed by atoms with Crippen molar-refractivity contribution in [2.45, 2.75) is 38.8 Å². The molecule has 1 N–H and O–H groups in total. The molecule has 3 aromatic rings. The number of halogens is 1. The van der Waals surface area contributed by atoms with Crippen molar-refractivity contribution in [3.63, 3.8) is 0 Å². The highest BCUT2D eigenvalue weighted by Crippen LogP contribution is 2.42. The highest BCUT2D eigenvalue weighted by molar-refractivity contribution is 5.87. The maximum Gasteiger partial charge on any atom is 0.254 e. The zero-order valence-electron chi connectivity index (χ0n) is 17.1. The molecule has 0 spiro atoms. The van der Waals surface area contributed by atoms with E-state index in [0.29, 0.717) is 6.54 Å². The molecule has 0 bridgehead atoms. The lowest BCUT2D eigenvalue weighted by atomic mass is 9.89. The molecule has 0 fully saturated rings. The van der Waals surface area contributed by atoms with Crippen molar-refractivity contribution in [2.24, 2.45) is 5.10 Å². The lowest BCUT2D eigenvalue weighted by Crippen LogP contribution is -2.44. The van der Waals surface area contributed by atoms with Crippen LogP contribution < -0.4 is 5.43 Å². The van der Waals surface area contributed by atoms with Gasteiger partial charge in [0.1, 0.15) is 5.82 Å². The summed E-state index contributed by atoms with van der Waals surface area (Å²) in [7, 11) is 0. The number of benzene rings is 2. The second kappa shape index (κ2) is 7.69. The largest absolute Gasteiger partial charge is 0.342 e. The molecule has 1 aliphatic heterocycles. The number of nitrogens with zero attached hydrogens (tertiary/aromatic N) is 3. The Labute approximate surface area is 175 Å². The molecular weight excluding hydrogens is 379 g/mol. The van der Waals surface area contributed by atoms with Crippen LogP contribution in [0, 0.1) is 12.7 Å². The summed E-state index contributed by atoms with van der Waals surface area (Å²) < 4.78 is 15.4. The summed E-state index contributed by atoms with van der Waals surface area (Å²) in [6, 6.07) is 13.0. The SMILES string of the molecule is Cc1ccc2c(c1)c1c3n2CCN(CC(=O)N/N=C\c2ccc(F)cc2)C3CCC1. The summed E-state index contributed by atoms with van der Waals surface area (Å²) in [6.45, 7) is 4.22. The van der Waals surface area contributed by atoms with Crippen molar-refractivity contribution in [3.8, 4) is 0 Å². The molecule has 2 aromatic carbocycles. The highest BCUT2D eigenvalue weighted by Gasteiger charge is 2.35. The van der Waals surface area contributed by atoms with Gasteiger partial charge in [0, 0.05) is 29.7 Å². The van der Waals surface area contributed by atoms with Gasteiger partial charge in [-0.25, -0.2) is 9.82 Å². The van der Waals surface area contributed by atoms with Gasteiger partial charge in [0.15, 0.2) is 0 Å². The Morgan fingerprint density at radius 2 is 2.07 bits per heavy atom. The molecule has 1 amide bonds. The molecule has 5 rings (SSSR count). The summed E-state index contributed by atoms with van der Waals surface area (Å²) in [4.78, 5) is 14.8. The Kier molecular flexibility index (Phi) is 4.87. The summed E-state index contributed by atoms with van der Waals surface area (Å²) in [5, 5.41) is 5.41. The van der Waals surface area contributed by atoms with Crippen molar-refractivity contribution >= 4 is 23.0 Å². The van der Waals surface area contributed by atoms with Crippen molar-refractivity contribution in [1.82, 2.24) is 14.9 Å². The minimum atomic E-state index is -0.291. The Hall–Kier alpha value is -2.99. The van der Waals surface area contributed by atoms with Gasteiger partial charge in [-0.1, -0.05) is 23.8 Å². The van der Waals surface area contributed by atoms with E-state index in [-0.39, 0.29) is 17.8 Å². The van der Waals surface area contributed by atoms with Gasteiger partial charge in [0.25, 0.3) is 5.91 Å². The van der Waals surface area contributed by atoms with E-state index in [1.54, 1.807) is 12.1 Å². The van der Waals surface area contributed by atoms with Gasteiger partial charge in [0.05, 0.1) is 18.8 Å². The second-order valence-electron chi connectivity index (χ2n) is 8.26. The molecule has 1 aromatic heterocycles. The molecule has 1 atom stereocenters. The van der Waals surface area contributed by atoms with E-state index in [0.717, 1.165) is 37.9 Å². The van der Waals surface area contributed by atoms with Gasteiger partial charge in [-0.3, -0.25) is 9.69 Å². The Morgan fingerprint density at radius 1 is 1.23 bits per heavy atom. The van der Waals surface area contributed by atoms with Gasteiger partial charge >= 0.3 is 0 Å². The van der Waals surface area contributed by atoms with Gasteiger partial charge < -0.3 is 4.57 Å². The molecule has 0 saturated heterocycles. The quantitative estimate of drug-likeness (QED) is 0.529. The molecule has 154 valence electrons. The average Bonchev–Trinajstić information content (AvgIpc) is 3.06. The lowest BCUT2D eigenvalue weighted by Gasteiger charge is -2.39. The first-order valence-electron chi connectivity index (χ1n) is 10.5. The van der Waals surface area contributed by atoms with Crippen molar-refractivity contribution in [2.75, 3.05) is 13.1 Å². The van der Waals surface area contributed by atoms with Crippen molar-refractivity contribution in [3.05, 3.63) is 70.7 Å². The van der Waals surface area contributed by atoms with Gasteiger partial charge in [-0.05, 0) is 61.6 Å². The number of hydrogen-bond donors (Lipinski definition) is 1. The zero-order chi connectivity index (χ0) is 20.7. The summed E-state index contributed by atoms with van der Waals surface area (Å²) in [5.74, 6) is -0.415. The first kappa shape index (κ1) is 19.0. The molecule has 0 radical (unpaired) electrons. The van der Waals surface area contributed by atoms with Gasteiger partial charge in [-0.15, -0.1) is 0 Å². The minimum absolute atomic E-state index is 0.124. The number of carbonyl (C=O) groups excluding carboxylic acids is 1. The Morgan fingerprint density at radius 3 is 2.90 bits per heavy atom. The van der Waals surface area contributed by atoms with Crippen LogP contribution in [0.4, 0.5) is 4.39 Å². The number of hydrazone groups is 1. The standard InChI is InChI=1S/C24H25FN4O/c1-16-5-10-21-20(13-16)19-3-2-4-22-24(19)29(21)12-11-28(22)15-23(30)27-26-14-17-6-8-18(25)9-7-17/h5-10,13-14,22H,2-4,11-12,15H2,1H3,(H,27,30)/b26-14-. The van der Waals surface area contributed by atoms with Crippen LogP contribution in [-0.4, -0.2) is 34.7 Å². The minimum Gasteiger partial charge on any atom is -0.342 e. The molecule has 30 heavy (non-hydrogen) atoms. The third-order valence-electron chi connectivity index (χ3n) is 6.26. The topological polar surface area (TPSA) is 49.6 Å². The van der Waals surface area contributed by atoms with Crippen LogP contribution >= 0.6 is 0 Å². The third kappa shape index (κ3) is 3.41. The maximum atomic E-state index is 13.0. The first-order valence-corrected chi connectivity index (χ1v) is 10.5. The normalized spacial score (nSPS) is 18.7. The molecule has 2 heterocycles. The number of aryl methyl sites for hydroxylation is 2. The van der Waals surface area contributed by atoms with Crippen LogP contribution in [0.15, 0.2) is 47.6 Å². The fourth-order valence-electron chi connectivity index (χ4n) is 4.93. The van der Waals surface area contributed by atoms with E-state index in [4.69, 9.17) is 0 Å². The van der Waals surface area contributed by atoms with E-state index >= 15 is 0 Å². The third-order valence-corrected chi connectivity index (χ3v) is 6.26. The smallest absolute Gasteiger partial charge is 0.254 e. The number of nitrogens with one attached hydrogen (secondary N) is 1. The van der Waals surface area contributed by atoms with Crippen LogP contribution in [0.2, 0.25) is 0 Å². The number of fused-ring (bicyclic) bond motifs is 3. The molecule has 1 aliphatic carbocycles. The predicted octanol–water partition coefficient (Wildman–Crippen LogP) is 3.93. The number of carbonyl (C=O) groups is 1.